The van der Waals surface area contributed by atoms with Crippen molar-refractivity contribution in [2.24, 2.45) is 17.3 Å². The molecule has 1 aromatic rings. The second-order valence-electron chi connectivity index (χ2n) is 6.58. The average Bonchev–Trinajstić information content (AvgIpc) is 2.78. The van der Waals surface area contributed by atoms with Crippen LogP contribution in [-0.4, -0.2) is 5.60 Å². The lowest BCUT2D eigenvalue weighted by atomic mass is 9.88. The average molecular weight is 248 g/mol. The fourth-order valence-corrected chi connectivity index (χ4v) is 3.96. The van der Waals surface area contributed by atoms with E-state index in [2.05, 4.69) is 20.8 Å². The number of hydrogen-bond donors (Lipinski definition) is 0. The van der Waals surface area contributed by atoms with Crippen molar-refractivity contribution in [3.05, 3.63) is 30.1 Å². The summed E-state index contributed by atoms with van der Waals surface area (Å²) < 4.78 is 19.9. The first-order chi connectivity index (χ1) is 8.47. The summed E-state index contributed by atoms with van der Waals surface area (Å²) in [7, 11) is 0. The van der Waals surface area contributed by atoms with Gasteiger partial charge in [0.05, 0.1) is 0 Å². The maximum absolute atomic E-state index is 13.8. The van der Waals surface area contributed by atoms with Gasteiger partial charge in [0.2, 0.25) is 0 Å². The molecule has 0 aromatic heterocycles. The summed E-state index contributed by atoms with van der Waals surface area (Å²) in [4.78, 5) is 0. The molecule has 2 aliphatic carbocycles. The number of benzene rings is 1. The first-order valence-electron chi connectivity index (χ1n) is 6.91. The first kappa shape index (κ1) is 12.0. The maximum Gasteiger partial charge on any atom is 0.165 e. The highest BCUT2D eigenvalue weighted by Crippen LogP contribution is 2.70. The molecule has 1 nitrogen and oxygen atoms in total. The zero-order chi connectivity index (χ0) is 13.0. The Balaban J connectivity index is 1.89. The molecule has 0 spiro atoms. The Morgan fingerprint density at radius 1 is 1.22 bits per heavy atom. The van der Waals surface area contributed by atoms with Crippen LogP contribution in [0.3, 0.4) is 0 Å². The Bertz CT molecular complexity index is 468. The normalized spacial score (nSPS) is 36.9. The molecule has 3 atom stereocenters. The number of rotatable bonds is 2. The number of halogens is 1. The van der Waals surface area contributed by atoms with Crippen LogP contribution >= 0.6 is 0 Å². The second kappa shape index (κ2) is 3.72. The lowest BCUT2D eigenvalue weighted by molar-refractivity contribution is 0.0803. The van der Waals surface area contributed by atoms with Crippen LogP contribution in [0.5, 0.6) is 5.75 Å². The van der Waals surface area contributed by atoms with Crippen LogP contribution in [0.25, 0.3) is 0 Å². The van der Waals surface area contributed by atoms with Gasteiger partial charge in [-0.2, -0.15) is 0 Å². The first-order valence-corrected chi connectivity index (χ1v) is 6.91. The molecule has 2 aliphatic rings. The van der Waals surface area contributed by atoms with E-state index in [1.165, 1.54) is 18.9 Å². The lowest BCUT2D eigenvalue weighted by Crippen LogP contribution is -2.31. The summed E-state index contributed by atoms with van der Waals surface area (Å²) in [6.45, 7) is 6.80. The number of para-hydroxylation sites is 1. The molecule has 1 aromatic carbocycles. The Morgan fingerprint density at radius 3 is 2.67 bits per heavy atom. The fourth-order valence-electron chi connectivity index (χ4n) is 3.96. The summed E-state index contributed by atoms with van der Waals surface area (Å²) in [5, 5.41) is 0. The van der Waals surface area contributed by atoms with Gasteiger partial charge in [-0.05, 0) is 30.9 Å². The van der Waals surface area contributed by atoms with E-state index < -0.39 is 0 Å². The van der Waals surface area contributed by atoms with Crippen molar-refractivity contribution in [1.29, 1.82) is 0 Å². The van der Waals surface area contributed by atoms with Gasteiger partial charge in [-0.1, -0.05) is 39.3 Å². The van der Waals surface area contributed by atoms with Gasteiger partial charge in [0.1, 0.15) is 5.60 Å². The number of hydrogen-bond acceptors (Lipinski definition) is 1. The molecule has 2 fully saturated rings. The predicted molar refractivity (Wildman–Crippen MR) is 70.0 cm³/mol. The molecule has 0 bridgehead atoms. The van der Waals surface area contributed by atoms with Crippen LogP contribution in [0.15, 0.2) is 24.3 Å². The van der Waals surface area contributed by atoms with Gasteiger partial charge in [-0.15, -0.1) is 0 Å². The van der Waals surface area contributed by atoms with Crippen LogP contribution in [-0.2, 0) is 0 Å². The van der Waals surface area contributed by atoms with Crippen LogP contribution in [0, 0.1) is 23.1 Å². The van der Waals surface area contributed by atoms with Crippen LogP contribution < -0.4 is 4.74 Å². The Hall–Kier alpha value is -1.05. The molecule has 3 unspecified atom stereocenters. The standard InChI is InChI=1S/C16H21FO/c1-11-8-9-14-15(2,3)16(14,10-11)18-13-7-5-4-6-12(13)17/h4-7,11,14H,8-10H2,1-3H3. The minimum absolute atomic E-state index is 0.132. The van der Waals surface area contributed by atoms with Gasteiger partial charge in [0, 0.05) is 11.3 Å². The third-order valence-corrected chi connectivity index (χ3v) is 5.17. The predicted octanol–water partition coefficient (Wildman–Crippen LogP) is 4.42. The second-order valence-corrected chi connectivity index (χ2v) is 6.58. The SMILES string of the molecule is CC1CCC2C(C)(C)C2(Oc2ccccc2F)C1. The van der Waals surface area contributed by atoms with E-state index in [1.54, 1.807) is 12.1 Å². The van der Waals surface area contributed by atoms with E-state index in [-0.39, 0.29) is 16.8 Å². The fraction of sp³-hybridized carbons (Fsp3) is 0.625. The van der Waals surface area contributed by atoms with Crippen LogP contribution in [0.4, 0.5) is 4.39 Å². The van der Waals surface area contributed by atoms with Gasteiger partial charge in [-0.25, -0.2) is 4.39 Å². The van der Waals surface area contributed by atoms with Crippen molar-refractivity contribution in [2.45, 2.75) is 45.6 Å². The highest BCUT2D eigenvalue weighted by Gasteiger charge is 2.74. The van der Waals surface area contributed by atoms with E-state index in [0.29, 0.717) is 17.6 Å². The molecule has 0 heterocycles. The molecule has 0 saturated heterocycles. The molecule has 3 rings (SSSR count). The highest BCUT2D eigenvalue weighted by atomic mass is 19.1. The zero-order valence-corrected chi connectivity index (χ0v) is 11.4. The van der Waals surface area contributed by atoms with E-state index >= 15 is 0 Å². The van der Waals surface area contributed by atoms with E-state index in [0.717, 1.165) is 6.42 Å². The Labute approximate surface area is 108 Å². The summed E-state index contributed by atoms with van der Waals surface area (Å²) in [6.07, 6.45) is 3.54. The van der Waals surface area contributed by atoms with Crippen molar-refractivity contribution in [3.63, 3.8) is 0 Å². The molecule has 2 heteroatoms. The number of ether oxygens (including phenoxy) is 1. The molecular weight excluding hydrogens is 227 g/mol. The monoisotopic (exact) mass is 248 g/mol. The summed E-state index contributed by atoms with van der Waals surface area (Å²) in [6, 6.07) is 6.77. The molecule has 2 saturated carbocycles. The van der Waals surface area contributed by atoms with Gasteiger partial charge >= 0.3 is 0 Å². The van der Waals surface area contributed by atoms with Crippen molar-refractivity contribution in [2.75, 3.05) is 0 Å². The van der Waals surface area contributed by atoms with Gasteiger partial charge in [0.15, 0.2) is 11.6 Å². The molecule has 98 valence electrons. The van der Waals surface area contributed by atoms with Crippen molar-refractivity contribution in [1.82, 2.24) is 0 Å². The molecule has 0 aliphatic heterocycles. The Kier molecular flexibility index (Phi) is 2.48. The highest BCUT2D eigenvalue weighted by molar-refractivity contribution is 5.31. The third-order valence-electron chi connectivity index (χ3n) is 5.17. The van der Waals surface area contributed by atoms with Gasteiger partial charge in [0.25, 0.3) is 0 Å². The lowest BCUT2D eigenvalue weighted by Gasteiger charge is -2.29. The maximum atomic E-state index is 13.8. The molecule has 18 heavy (non-hydrogen) atoms. The largest absolute Gasteiger partial charge is 0.483 e. The summed E-state index contributed by atoms with van der Waals surface area (Å²) >= 11 is 0. The molecule has 0 N–H and O–H groups in total. The van der Waals surface area contributed by atoms with E-state index in [9.17, 15) is 4.39 Å². The summed E-state index contributed by atoms with van der Waals surface area (Å²) in [5.41, 5.74) is 0.0485. The van der Waals surface area contributed by atoms with Gasteiger partial charge < -0.3 is 4.74 Å². The van der Waals surface area contributed by atoms with Crippen LogP contribution in [0.2, 0.25) is 0 Å². The zero-order valence-electron chi connectivity index (χ0n) is 11.4. The van der Waals surface area contributed by atoms with Crippen molar-refractivity contribution < 1.29 is 9.13 Å². The van der Waals surface area contributed by atoms with Crippen molar-refractivity contribution >= 4 is 0 Å². The summed E-state index contributed by atoms with van der Waals surface area (Å²) in [5.74, 6) is 1.43. The van der Waals surface area contributed by atoms with E-state index in [1.807, 2.05) is 6.07 Å². The topological polar surface area (TPSA) is 9.23 Å². The Morgan fingerprint density at radius 2 is 1.94 bits per heavy atom. The number of fused-ring (bicyclic) bond motifs is 1. The minimum atomic E-state index is -0.244. The smallest absolute Gasteiger partial charge is 0.165 e. The quantitative estimate of drug-likeness (QED) is 0.752. The minimum Gasteiger partial charge on any atom is -0.483 e. The van der Waals surface area contributed by atoms with Crippen LogP contribution in [0.1, 0.15) is 40.0 Å². The third kappa shape index (κ3) is 1.51. The molecular formula is C16H21FO. The van der Waals surface area contributed by atoms with Gasteiger partial charge in [-0.3, -0.25) is 0 Å². The van der Waals surface area contributed by atoms with Crippen molar-refractivity contribution in [3.8, 4) is 5.75 Å². The molecule has 0 amide bonds. The van der Waals surface area contributed by atoms with E-state index in [4.69, 9.17) is 4.74 Å². The molecule has 0 radical (unpaired) electrons.